The molecule has 0 radical (unpaired) electrons. The van der Waals surface area contributed by atoms with E-state index >= 15 is 0 Å². The van der Waals surface area contributed by atoms with Gasteiger partial charge >= 0.3 is 0 Å². The van der Waals surface area contributed by atoms with Crippen LogP contribution >= 0.6 is 11.6 Å². The highest BCUT2D eigenvalue weighted by molar-refractivity contribution is 6.30. The van der Waals surface area contributed by atoms with Gasteiger partial charge in [-0.05, 0) is 38.1 Å². The van der Waals surface area contributed by atoms with Gasteiger partial charge in [-0.1, -0.05) is 45.4 Å². The number of aromatic nitrogens is 2. The van der Waals surface area contributed by atoms with E-state index in [1.807, 2.05) is 71.9 Å². The largest absolute Gasteiger partial charge is 0.262 e. The zero-order valence-electron chi connectivity index (χ0n) is 12.8. The van der Waals surface area contributed by atoms with E-state index in [0.29, 0.717) is 5.02 Å². The third-order valence-corrected chi connectivity index (χ3v) is 1.91. The summed E-state index contributed by atoms with van der Waals surface area (Å²) in [6.07, 6.45) is 3.42. The Kier molecular flexibility index (Phi) is 15.4. The number of nitrogens with zero attached hydrogens (tertiary/aromatic N) is 2. The molecule has 0 N–H and O–H groups in total. The van der Waals surface area contributed by atoms with E-state index in [0.717, 1.165) is 11.4 Å². The summed E-state index contributed by atoms with van der Waals surface area (Å²) < 4.78 is 0. The molecule has 106 valence electrons. The topological polar surface area (TPSA) is 25.8 Å². The summed E-state index contributed by atoms with van der Waals surface area (Å²) in [5, 5.41) is 0.690. The maximum atomic E-state index is 5.55. The molecule has 0 amide bonds. The smallest absolute Gasteiger partial charge is 0.0589 e. The van der Waals surface area contributed by atoms with Crippen molar-refractivity contribution in [2.75, 3.05) is 0 Å². The van der Waals surface area contributed by atoms with Gasteiger partial charge in [0, 0.05) is 23.8 Å². The van der Waals surface area contributed by atoms with Gasteiger partial charge in [0.05, 0.1) is 5.02 Å². The molecule has 0 aliphatic rings. The lowest BCUT2D eigenvalue weighted by atomic mass is 10.4. The molecule has 0 aliphatic heterocycles. The molecule has 2 rings (SSSR count). The number of hydrogen-bond acceptors (Lipinski definition) is 2. The van der Waals surface area contributed by atoms with Crippen molar-refractivity contribution in [3.05, 3.63) is 59.1 Å². The van der Waals surface area contributed by atoms with Crippen LogP contribution in [0, 0.1) is 13.8 Å². The summed E-state index contributed by atoms with van der Waals surface area (Å²) in [7, 11) is 0. The van der Waals surface area contributed by atoms with Crippen LogP contribution in [0.5, 0.6) is 0 Å². The molecule has 0 atom stereocenters. The van der Waals surface area contributed by atoms with E-state index in [1.165, 1.54) is 0 Å². The fourth-order valence-electron chi connectivity index (χ4n) is 0.898. The predicted octanol–water partition coefficient (Wildman–Crippen LogP) is 5.49. The van der Waals surface area contributed by atoms with Crippen LogP contribution in [0.3, 0.4) is 0 Å². The average molecular weight is 281 g/mol. The quantitative estimate of drug-likeness (QED) is 0.638. The Morgan fingerprint density at radius 3 is 1.63 bits per heavy atom. The molecule has 0 spiro atoms. The average Bonchev–Trinajstić information content (AvgIpc) is 2.48. The first kappa shape index (κ1) is 19.9. The van der Waals surface area contributed by atoms with E-state index in [-0.39, 0.29) is 0 Å². The van der Waals surface area contributed by atoms with Crippen molar-refractivity contribution < 1.29 is 0 Å². The van der Waals surface area contributed by atoms with Crippen LogP contribution < -0.4 is 0 Å². The molecule has 0 fully saturated rings. The van der Waals surface area contributed by atoms with Crippen LogP contribution in [0.1, 0.15) is 39.1 Å². The van der Waals surface area contributed by atoms with E-state index < -0.39 is 0 Å². The fourth-order valence-corrected chi connectivity index (χ4v) is 1.01. The monoisotopic (exact) mass is 280 g/mol. The second-order valence-corrected chi connectivity index (χ2v) is 3.53. The van der Waals surface area contributed by atoms with Crippen LogP contribution in [-0.4, -0.2) is 9.97 Å². The lowest BCUT2D eigenvalue weighted by Gasteiger charge is -1.87. The third-order valence-electron chi connectivity index (χ3n) is 1.69. The Bertz CT molecular complexity index is 364. The lowest BCUT2D eigenvalue weighted by Crippen LogP contribution is -1.75. The van der Waals surface area contributed by atoms with Gasteiger partial charge in [0.2, 0.25) is 0 Å². The summed E-state index contributed by atoms with van der Waals surface area (Å²) in [5.41, 5.74) is 2.07. The summed E-state index contributed by atoms with van der Waals surface area (Å²) in [6.45, 7) is 11.9. The normalized spacial score (nSPS) is 7.74. The maximum Gasteiger partial charge on any atom is 0.0589 e. The van der Waals surface area contributed by atoms with Crippen molar-refractivity contribution in [2.24, 2.45) is 0 Å². The Labute approximate surface area is 122 Å². The molecule has 0 unspecified atom stereocenters. The first-order valence-electron chi connectivity index (χ1n) is 6.64. The van der Waals surface area contributed by atoms with E-state index in [4.69, 9.17) is 11.6 Å². The van der Waals surface area contributed by atoms with Gasteiger partial charge < -0.3 is 0 Å². The minimum Gasteiger partial charge on any atom is -0.262 e. The maximum absolute atomic E-state index is 5.55. The molecule has 0 bridgehead atoms. The number of aryl methyl sites for hydroxylation is 2. The van der Waals surface area contributed by atoms with Crippen molar-refractivity contribution in [1.82, 2.24) is 9.97 Å². The molecule has 19 heavy (non-hydrogen) atoms. The second-order valence-electron chi connectivity index (χ2n) is 3.09. The van der Waals surface area contributed by atoms with Crippen molar-refractivity contribution in [3.63, 3.8) is 0 Å². The molecule has 2 aromatic rings. The van der Waals surface area contributed by atoms with Gasteiger partial charge in [-0.25, -0.2) is 0 Å². The second kappa shape index (κ2) is 14.7. The predicted molar refractivity (Wildman–Crippen MR) is 85.7 cm³/mol. The Balaban J connectivity index is 0. The molecule has 2 heterocycles. The Morgan fingerprint density at radius 1 is 0.789 bits per heavy atom. The van der Waals surface area contributed by atoms with Gasteiger partial charge in [0.1, 0.15) is 0 Å². The Hall–Kier alpha value is -1.41. The first-order chi connectivity index (χ1) is 9.18. The lowest BCUT2D eigenvalue weighted by molar-refractivity contribution is 1.20. The summed E-state index contributed by atoms with van der Waals surface area (Å²) in [5.74, 6) is 0. The highest BCUT2D eigenvalue weighted by Crippen LogP contribution is 2.04. The van der Waals surface area contributed by atoms with E-state index in [2.05, 4.69) is 9.97 Å². The van der Waals surface area contributed by atoms with Gasteiger partial charge in [-0.2, -0.15) is 0 Å². The van der Waals surface area contributed by atoms with Crippen LogP contribution in [0.15, 0.2) is 42.7 Å². The van der Waals surface area contributed by atoms with Crippen molar-refractivity contribution >= 4 is 11.6 Å². The van der Waals surface area contributed by atoms with E-state index in [9.17, 15) is 0 Å². The zero-order chi connectivity index (χ0) is 15.1. The van der Waals surface area contributed by atoms with Crippen LogP contribution in [0.25, 0.3) is 0 Å². The number of pyridine rings is 2. The van der Waals surface area contributed by atoms with Crippen molar-refractivity contribution in [2.45, 2.75) is 41.5 Å². The molecule has 0 aliphatic carbocycles. The highest BCUT2D eigenvalue weighted by atomic mass is 35.5. The van der Waals surface area contributed by atoms with Gasteiger partial charge in [0.15, 0.2) is 0 Å². The van der Waals surface area contributed by atoms with Crippen LogP contribution in [0.4, 0.5) is 0 Å². The van der Waals surface area contributed by atoms with Gasteiger partial charge in [-0.15, -0.1) is 0 Å². The highest BCUT2D eigenvalue weighted by Gasteiger charge is 1.83. The molecule has 0 saturated heterocycles. The van der Waals surface area contributed by atoms with Gasteiger partial charge in [0.25, 0.3) is 0 Å². The SMILES string of the molecule is CC.CC.Cc1ccc(Cl)cn1.Cc1ccccn1. The summed E-state index contributed by atoms with van der Waals surface area (Å²) >= 11 is 5.55. The number of rotatable bonds is 0. The zero-order valence-corrected chi connectivity index (χ0v) is 13.6. The summed E-state index contributed by atoms with van der Waals surface area (Å²) in [6, 6.07) is 9.56. The molecular formula is C16H25ClN2. The van der Waals surface area contributed by atoms with Crippen molar-refractivity contribution in [3.8, 4) is 0 Å². The van der Waals surface area contributed by atoms with Crippen molar-refractivity contribution in [1.29, 1.82) is 0 Å². The Morgan fingerprint density at radius 2 is 1.37 bits per heavy atom. The minimum absolute atomic E-state index is 0.690. The number of hydrogen-bond donors (Lipinski definition) is 0. The van der Waals surface area contributed by atoms with Gasteiger partial charge in [-0.3, -0.25) is 9.97 Å². The standard InChI is InChI=1S/C6H6ClN.C6H7N.2C2H6/c1-5-2-3-6(7)4-8-5;1-6-4-2-3-5-7-6;2*1-2/h2-4H,1H3;2-5H,1H3;2*1-2H3. The third kappa shape index (κ3) is 12.8. The molecule has 3 heteroatoms. The number of halogens is 1. The van der Waals surface area contributed by atoms with Crippen LogP contribution in [0.2, 0.25) is 5.02 Å². The minimum atomic E-state index is 0.690. The first-order valence-corrected chi connectivity index (χ1v) is 7.02. The molecule has 0 aromatic carbocycles. The fraction of sp³-hybridized carbons (Fsp3) is 0.375. The summed E-state index contributed by atoms with van der Waals surface area (Å²) in [4.78, 5) is 7.93. The molecular weight excluding hydrogens is 256 g/mol. The van der Waals surface area contributed by atoms with E-state index in [1.54, 1.807) is 12.4 Å². The molecule has 2 aromatic heterocycles. The molecule has 0 saturated carbocycles. The molecule has 2 nitrogen and oxygen atoms in total. The van der Waals surface area contributed by atoms with Crippen LogP contribution in [-0.2, 0) is 0 Å².